The van der Waals surface area contributed by atoms with Gasteiger partial charge in [0.25, 0.3) is 0 Å². The van der Waals surface area contributed by atoms with Crippen LogP contribution < -0.4 is 5.32 Å². The number of rotatable bonds is 75. The molecule has 0 saturated carbocycles. The molecule has 86 heavy (non-hydrogen) atoms. The highest BCUT2D eigenvalue weighted by atomic mass is 16.5. The maximum Gasteiger partial charge on any atom is 0.305 e. The molecule has 2 atom stereocenters. The van der Waals surface area contributed by atoms with E-state index in [1.54, 1.807) is 0 Å². The second-order valence-corrected chi connectivity index (χ2v) is 27.4. The van der Waals surface area contributed by atoms with Crippen molar-refractivity contribution in [2.45, 2.75) is 463 Å². The van der Waals surface area contributed by atoms with Crippen LogP contribution in [-0.4, -0.2) is 47.4 Å². The summed E-state index contributed by atoms with van der Waals surface area (Å²) in [5, 5.41) is 23.5. The zero-order valence-electron chi connectivity index (χ0n) is 58.6. The van der Waals surface area contributed by atoms with Gasteiger partial charge in [-0.15, -0.1) is 0 Å². The lowest BCUT2D eigenvalue weighted by atomic mass is 10.0. The molecule has 0 saturated heterocycles. The molecule has 0 rings (SSSR count). The van der Waals surface area contributed by atoms with Gasteiger partial charge in [-0.25, -0.2) is 0 Å². The summed E-state index contributed by atoms with van der Waals surface area (Å²) in [7, 11) is 0. The Labute approximate surface area is 539 Å². The smallest absolute Gasteiger partial charge is 0.305 e. The molecule has 0 fully saturated rings. The molecule has 0 bridgehead atoms. The van der Waals surface area contributed by atoms with Gasteiger partial charge in [0, 0.05) is 12.8 Å². The lowest BCUT2D eigenvalue weighted by Crippen LogP contribution is -2.45. The van der Waals surface area contributed by atoms with Crippen LogP contribution in [0.25, 0.3) is 0 Å². The number of allylic oxidation sites excluding steroid dienone is 4. The summed E-state index contributed by atoms with van der Waals surface area (Å²) >= 11 is 0. The molecule has 0 aromatic heterocycles. The largest absolute Gasteiger partial charge is 0.466 e. The minimum Gasteiger partial charge on any atom is -0.466 e. The maximum atomic E-state index is 12.6. The lowest BCUT2D eigenvalue weighted by Gasteiger charge is -2.22. The van der Waals surface area contributed by atoms with Crippen molar-refractivity contribution in [3.63, 3.8) is 0 Å². The number of esters is 1. The minimum absolute atomic E-state index is 0.0163. The van der Waals surface area contributed by atoms with Gasteiger partial charge in [-0.2, -0.15) is 0 Å². The molecule has 3 N–H and O–H groups in total. The van der Waals surface area contributed by atoms with E-state index in [-0.39, 0.29) is 18.5 Å². The number of aliphatic hydroxyl groups excluding tert-OH is 2. The molecular formula is C80H155NO5. The van der Waals surface area contributed by atoms with Crippen LogP contribution in [0.2, 0.25) is 0 Å². The summed E-state index contributed by atoms with van der Waals surface area (Å²) < 4.78 is 5.51. The Hall–Kier alpha value is -1.66. The third-order valence-electron chi connectivity index (χ3n) is 18.8. The molecule has 0 radical (unpaired) electrons. The Morgan fingerprint density at radius 2 is 0.581 bits per heavy atom. The van der Waals surface area contributed by atoms with Gasteiger partial charge in [-0.3, -0.25) is 9.59 Å². The van der Waals surface area contributed by atoms with Crippen LogP contribution in [0.4, 0.5) is 0 Å². The van der Waals surface area contributed by atoms with E-state index in [1.807, 2.05) is 0 Å². The quantitative estimate of drug-likeness (QED) is 0.0320. The molecule has 0 heterocycles. The highest BCUT2D eigenvalue weighted by Crippen LogP contribution is 2.20. The summed E-state index contributed by atoms with van der Waals surface area (Å²) in [5.41, 5.74) is 0. The number of unbranched alkanes of at least 4 members (excludes halogenated alkanes) is 60. The van der Waals surface area contributed by atoms with E-state index in [0.29, 0.717) is 25.9 Å². The topological polar surface area (TPSA) is 95.9 Å². The summed E-state index contributed by atoms with van der Waals surface area (Å²) in [6.45, 7) is 5.01. The predicted molar refractivity (Wildman–Crippen MR) is 380 cm³/mol. The fourth-order valence-electron chi connectivity index (χ4n) is 12.7. The molecule has 510 valence electrons. The molecule has 0 aromatic carbocycles. The van der Waals surface area contributed by atoms with E-state index >= 15 is 0 Å². The first-order valence-electron chi connectivity index (χ1n) is 39.6. The lowest BCUT2D eigenvalue weighted by molar-refractivity contribution is -0.143. The van der Waals surface area contributed by atoms with E-state index in [2.05, 4.69) is 43.5 Å². The van der Waals surface area contributed by atoms with Gasteiger partial charge in [0.15, 0.2) is 0 Å². The van der Waals surface area contributed by atoms with Crippen LogP contribution >= 0.6 is 0 Å². The van der Waals surface area contributed by atoms with Crippen LogP contribution in [-0.2, 0) is 14.3 Å². The summed E-state index contributed by atoms with van der Waals surface area (Å²) in [6.07, 6.45) is 96.9. The molecule has 0 aliphatic rings. The van der Waals surface area contributed by atoms with E-state index < -0.39 is 12.1 Å². The van der Waals surface area contributed by atoms with Crippen molar-refractivity contribution in [1.29, 1.82) is 0 Å². The second kappa shape index (κ2) is 75.8. The van der Waals surface area contributed by atoms with Crippen molar-refractivity contribution in [3.8, 4) is 0 Å². The van der Waals surface area contributed by atoms with Crippen LogP contribution in [0, 0.1) is 0 Å². The van der Waals surface area contributed by atoms with Crippen molar-refractivity contribution < 1.29 is 24.5 Å². The highest BCUT2D eigenvalue weighted by Gasteiger charge is 2.20. The molecule has 0 spiro atoms. The first kappa shape index (κ1) is 84.3. The average molecular weight is 1210 g/mol. The summed E-state index contributed by atoms with van der Waals surface area (Å²) in [6, 6.07) is -0.546. The normalized spacial score (nSPS) is 12.6. The molecule has 0 aliphatic carbocycles. The number of carbonyl (C=O) groups excluding carboxylic acids is 2. The van der Waals surface area contributed by atoms with Gasteiger partial charge in [-0.05, 0) is 57.8 Å². The number of ether oxygens (including phenoxy) is 1. The Morgan fingerprint density at radius 1 is 0.326 bits per heavy atom. The van der Waals surface area contributed by atoms with Gasteiger partial charge >= 0.3 is 5.97 Å². The number of hydrogen-bond donors (Lipinski definition) is 3. The molecule has 1 amide bonds. The van der Waals surface area contributed by atoms with Crippen LogP contribution in [0.15, 0.2) is 24.3 Å². The van der Waals surface area contributed by atoms with Crippen LogP contribution in [0.3, 0.4) is 0 Å². The zero-order chi connectivity index (χ0) is 62.0. The first-order chi connectivity index (χ1) is 42.5. The maximum absolute atomic E-state index is 12.6. The third kappa shape index (κ3) is 71.4. The van der Waals surface area contributed by atoms with Gasteiger partial charge in [-0.1, -0.05) is 404 Å². The molecule has 6 heteroatoms. The van der Waals surface area contributed by atoms with Crippen molar-refractivity contribution >= 4 is 11.9 Å². The molecule has 6 nitrogen and oxygen atoms in total. The zero-order valence-corrected chi connectivity index (χ0v) is 58.6. The predicted octanol–water partition coefficient (Wildman–Crippen LogP) is 26.0. The Bertz CT molecular complexity index is 1350. The van der Waals surface area contributed by atoms with Crippen molar-refractivity contribution in [2.24, 2.45) is 0 Å². The minimum atomic E-state index is -0.668. The third-order valence-corrected chi connectivity index (χ3v) is 18.8. The standard InChI is InChI=1S/C80H155NO5/c1-3-5-7-9-11-13-15-17-19-21-23-24-25-31-34-37-40-44-48-52-56-60-64-68-72-78(83)77(76-82)81-79(84)73-69-65-61-57-53-49-45-41-38-35-32-29-27-26-28-30-33-36-39-43-47-51-55-59-63-67-71-75-86-80(85)74-70-66-62-58-54-50-46-42-22-20-18-16-14-12-10-8-6-4-2/h26-27,30,33,77-78,82-83H,3-25,28-29,31-32,34-76H2,1-2H3,(H,81,84)/b27-26-,33-30-. The number of hydrogen-bond acceptors (Lipinski definition) is 5. The van der Waals surface area contributed by atoms with Crippen LogP contribution in [0.5, 0.6) is 0 Å². The monoisotopic (exact) mass is 1210 g/mol. The highest BCUT2D eigenvalue weighted by molar-refractivity contribution is 5.76. The fourth-order valence-corrected chi connectivity index (χ4v) is 12.7. The Kier molecular flexibility index (Phi) is 74.3. The van der Waals surface area contributed by atoms with Gasteiger partial charge < -0.3 is 20.3 Å². The van der Waals surface area contributed by atoms with Crippen molar-refractivity contribution in [3.05, 3.63) is 24.3 Å². The van der Waals surface area contributed by atoms with Gasteiger partial charge in [0.2, 0.25) is 5.91 Å². The first-order valence-corrected chi connectivity index (χ1v) is 39.6. The molecule has 0 aromatic rings. The number of amides is 1. The average Bonchev–Trinajstić information content (AvgIpc) is 3.55. The number of carbonyl (C=O) groups is 2. The molecule has 0 aliphatic heterocycles. The Balaban J connectivity index is 3.40. The van der Waals surface area contributed by atoms with Gasteiger partial charge in [0.05, 0.1) is 25.4 Å². The summed E-state index contributed by atoms with van der Waals surface area (Å²) in [4.78, 5) is 24.7. The van der Waals surface area contributed by atoms with E-state index in [9.17, 15) is 19.8 Å². The van der Waals surface area contributed by atoms with E-state index in [4.69, 9.17) is 4.74 Å². The summed E-state index contributed by atoms with van der Waals surface area (Å²) in [5.74, 6) is -0.0163. The Morgan fingerprint density at radius 3 is 0.884 bits per heavy atom. The SMILES string of the molecule is CCCCCCCCCCCCCCCCCCCCCCCCCCC(O)C(CO)NC(=O)CCCCCCCCCCCCC/C=C\C/C=C\CCCCCCCCCCCOC(=O)CCCCCCCCCCCCCCCCCCCC. The fraction of sp³-hybridized carbons (Fsp3) is 0.925. The van der Waals surface area contributed by atoms with E-state index in [1.165, 1.54) is 372 Å². The van der Waals surface area contributed by atoms with Gasteiger partial charge in [0.1, 0.15) is 0 Å². The molecular weight excluding hydrogens is 1050 g/mol. The van der Waals surface area contributed by atoms with Crippen molar-refractivity contribution in [1.82, 2.24) is 5.32 Å². The van der Waals surface area contributed by atoms with E-state index in [0.717, 1.165) is 44.9 Å². The van der Waals surface area contributed by atoms with Crippen LogP contribution in [0.1, 0.15) is 450 Å². The second-order valence-electron chi connectivity index (χ2n) is 27.4. The molecule has 2 unspecified atom stereocenters. The van der Waals surface area contributed by atoms with Crippen molar-refractivity contribution in [2.75, 3.05) is 13.2 Å². The number of nitrogens with one attached hydrogen (secondary N) is 1. The number of aliphatic hydroxyl groups is 2.